The van der Waals surface area contributed by atoms with E-state index >= 15 is 0 Å². The van der Waals surface area contributed by atoms with Gasteiger partial charge in [-0.15, -0.1) is 10.2 Å². The summed E-state index contributed by atoms with van der Waals surface area (Å²) in [5.41, 5.74) is 1.18. The van der Waals surface area contributed by atoms with E-state index in [1.165, 1.54) is 5.69 Å². The van der Waals surface area contributed by atoms with Gasteiger partial charge in [-0.05, 0) is 32.9 Å². The predicted molar refractivity (Wildman–Crippen MR) is 92.9 cm³/mol. The summed E-state index contributed by atoms with van der Waals surface area (Å²) in [6.07, 6.45) is 11.5. The number of nitrogens with one attached hydrogen (secondary N) is 1. The average molecular weight is 340 g/mol. The number of piperidine rings is 1. The maximum Gasteiger partial charge on any atom is 0.153 e. The molecule has 0 aliphatic carbocycles. The third kappa shape index (κ3) is 3.48. The minimum absolute atomic E-state index is 0.488. The van der Waals surface area contributed by atoms with Crippen LogP contribution in [0.1, 0.15) is 43.0 Å². The zero-order valence-electron chi connectivity index (χ0n) is 14.5. The first kappa shape index (κ1) is 16.0. The molecule has 1 saturated heterocycles. The highest BCUT2D eigenvalue weighted by atomic mass is 15.3. The van der Waals surface area contributed by atoms with Gasteiger partial charge in [-0.25, -0.2) is 9.97 Å². The van der Waals surface area contributed by atoms with Crippen molar-refractivity contribution in [2.24, 2.45) is 0 Å². The lowest BCUT2D eigenvalue weighted by atomic mass is 9.95. The fourth-order valence-corrected chi connectivity index (χ4v) is 3.62. The molecule has 3 aromatic heterocycles. The lowest BCUT2D eigenvalue weighted by Crippen LogP contribution is -2.33. The minimum Gasteiger partial charge on any atom is -0.347 e. The quantitative estimate of drug-likeness (QED) is 0.738. The van der Waals surface area contributed by atoms with Crippen LogP contribution in [0.25, 0.3) is 0 Å². The van der Waals surface area contributed by atoms with Gasteiger partial charge in [-0.3, -0.25) is 4.90 Å². The summed E-state index contributed by atoms with van der Waals surface area (Å²) in [5.74, 6) is 2.64. The Bertz CT molecular complexity index is 766. The normalized spacial score (nSPS) is 16.5. The second kappa shape index (κ2) is 7.18. The Morgan fingerprint density at radius 3 is 2.72 bits per heavy atom. The van der Waals surface area contributed by atoms with Gasteiger partial charge in [-0.1, -0.05) is 0 Å². The van der Waals surface area contributed by atoms with E-state index in [1.54, 1.807) is 12.5 Å². The summed E-state index contributed by atoms with van der Waals surface area (Å²) in [6.45, 7) is 6.89. The Morgan fingerprint density at radius 1 is 1.16 bits per heavy atom. The number of aromatic amines is 1. The fraction of sp³-hybridized carbons (Fsp3) is 0.529. The number of hydrogen-bond acceptors (Lipinski definition) is 5. The highest BCUT2D eigenvalue weighted by molar-refractivity contribution is 5.05. The van der Waals surface area contributed by atoms with Crippen LogP contribution in [0, 0.1) is 0 Å². The molecule has 3 aromatic rings. The number of likely N-dealkylation sites (tertiary alicyclic amines) is 1. The molecule has 25 heavy (non-hydrogen) atoms. The molecule has 8 heteroatoms. The molecular formula is C17H24N8. The number of nitrogens with zero attached hydrogens (tertiary/aromatic N) is 7. The fourth-order valence-electron chi connectivity index (χ4n) is 3.62. The van der Waals surface area contributed by atoms with E-state index in [4.69, 9.17) is 0 Å². The first-order valence-corrected chi connectivity index (χ1v) is 8.90. The van der Waals surface area contributed by atoms with Crippen molar-refractivity contribution < 1.29 is 0 Å². The molecule has 0 unspecified atom stereocenters. The molecule has 1 aliphatic rings. The van der Waals surface area contributed by atoms with Gasteiger partial charge in [0, 0.05) is 43.3 Å². The van der Waals surface area contributed by atoms with Gasteiger partial charge >= 0.3 is 0 Å². The SMILES string of the molecule is CCn1c(Cn2ccnc2)nnc1C1CCN(Cc2cnc[nH]2)CC1. The topological polar surface area (TPSA) is 80.4 Å². The van der Waals surface area contributed by atoms with E-state index in [-0.39, 0.29) is 0 Å². The molecule has 1 aliphatic heterocycles. The van der Waals surface area contributed by atoms with Gasteiger partial charge in [0.05, 0.1) is 19.2 Å². The van der Waals surface area contributed by atoms with E-state index < -0.39 is 0 Å². The van der Waals surface area contributed by atoms with E-state index in [0.29, 0.717) is 5.92 Å². The molecule has 1 fully saturated rings. The summed E-state index contributed by atoms with van der Waals surface area (Å²) in [6, 6.07) is 0. The van der Waals surface area contributed by atoms with Crippen molar-refractivity contribution in [1.29, 1.82) is 0 Å². The molecule has 0 aromatic carbocycles. The molecule has 0 spiro atoms. The van der Waals surface area contributed by atoms with Gasteiger partial charge in [0.1, 0.15) is 5.82 Å². The second-order valence-electron chi connectivity index (χ2n) is 6.58. The van der Waals surface area contributed by atoms with Crippen molar-refractivity contribution in [1.82, 2.24) is 39.2 Å². The number of rotatable bonds is 6. The van der Waals surface area contributed by atoms with Gasteiger partial charge in [-0.2, -0.15) is 0 Å². The van der Waals surface area contributed by atoms with Crippen LogP contribution in [0.5, 0.6) is 0 Å². The largest absolute Gasteiger partial charge is 0.347 e. The van der Waals surface area contributed by atoms with Crippen LogP contribution >= 0.6 is 0 Å². The maximum absolute atomic E-state index is 4.54. The summed E-state index contributed by atoms with van der Waals surface area (Å²) < 4.78 is 4.31. The van der Waals surface area contributed by atoms with Crippen LogP contribution in [0.15, 0.2) is 31.2 Å². The van der Waals surface area contributed by atoms with E-state index in [0.717, 1.165) is 57.2 Å². The standard InChI is InChI=1S/C17H24N8/c1-2-25-16(11-24-8-5-18-13-24)21-22-17(25)14-3-6-23(7-4-14)10-15-9-19-12-20-15/h5,8-9,12-14H,2-4,6-7,10-11H2,1H3,(H,19,20). The summed E-state index contributed by atoms with van der Waals surface area (Å²) in [4.78, 5) is 13.9. The first-order valence-electron chi connectivity index (χ1n) is 8.90. The molecule has 0 amide bonds. The van der Waals surface area contributed by atoms with Crippen LogP contribution in [0.2, 0.25) is 0 Å². The molecule has 1 N–H and O–H groups in total. The van der Waals surface area contributed by atoms with Crippen molar-refractivity contribution in [3.63, 3.8) is 0 Å². The van der Waals surface area contributed by atoms with Gasteiger partial charge in [0.15, 0.2) is 5.82 Å². The summed E-state index contributed by atoms with van der Waals surface area (Å²) in [5, 5.41) is 8.99. The molecule has 0 radical (unpaired) electrons. The molecular weight excluding hydrogens is 316 g/mol. The Kier molecular flexibility index (Phi) is 4.60. The van der Waals surface area contributed by atoms with Crippen LogP contribution in [0.3, 0.4) is 0 Å². The van der Waals surface area contributed by atoms with E-state index in [9.17, 15) is 0 Å². The second-order valence-corrected chi connectivity index (χ2v) is 6.58. The molecule has 132 valence electrons. The minimum atomic E-state index is 0.488. The van der Waals surface area contributed by atoms with Crippen LogP contribution in [-0.4, -0.2) is 52.3 Å². The van der Waals surface area contributed by atoms with Gasteiger partial charge in [0.2, 0.25) is 0 Å². The molecule has 0 atom stereocenters. The molecule has 0 bridgehead atoms. The van der Waals surface area contributed by atoms with Crippen molar-refractivity contribution in [2.75, 3.05) is 13.1 Å². The summed E-state index contributed by atoms with van der Waals surface area (Å²) >= 11 is 0. The molecule has 0 saturated carbocycles. The third-order valence-electron chi connectivity index (χ3n) is 4.96. The monoisotopic (exact) mass is 340 g/mol. The molecule has 4 rings (SSSR count). The van der Waals surface area contributed by atoms with Crippen molar-refractivity contribution in [3.05, 3.63) is 48.6 Å². The van der Waals surface area contributed by atoms with Crippen molar-refractivity contribution in [3.8, 4) is 0 Å². The highest BCUT2D eigenvalue weighted by Crippen LogP contribution is 2.28. The zero-order chi connectivity index (χ0) is 17.1. The lowest BCUT2D eigenvalue weighted by Gasteiger charge is -2.31. The first-order chi connectivity index (χ1) is 12.3. The number of aromatic nitrogens is 7. The molecule has 8 nitrogen and oxygen atoms in total. The maximum atomic E-state index is 4.54. The average Bonchev–Trinajstić information content (AvgIpc) is 3.38. The zero-order valence-corrected chi connectivity index (χ0v) is 14.5. The smallest absolute Gasteiger partial charge is 0.153 e. The van der Waals surface area contributed by atoms with Crippen molar-refractivity contribution in [2.45, 2.75) is 45.3 Å². The molecule has 4 heterocycles. The number of hydrogen-bond donors (Lipinski definition) is 1. The van der Waals surface area contributed by atoms with E-state index in [1.807, 2.05) is 23.3 Å². The highest BCUT2D eigenvalue weighted by Gasteiger charge is 2.26. The lowest BCUT2D eigenvalue weighted by molar-refractivity contribution is 0.198. The Labute approximate surface area is 146 Å². The predicted octanol–water partition coefficient (Wildman–Crippen LogP) is 1.65. The number of H-pyrrole nitrogens is 1. The third-order valence-corrected chi connectivity index (χ3v) is 4.96. The number of imidazole rings is 2. The van der Waals surface area contributed by atoms with Crippen LogP contribution in [0.4, 0.5) is 0 Å². The van der Waals surface area contributed by atoms with E-state index in [2.05, 4.69) is 41.5 Å². The summed E-state index contributed by atoms with van der Waals surface area (Å²) in [7, 11) is 0. The van der Waals surface area contributed by atoms with Crippen LogP contribution in [-0.2, 0) is 19.6 Å². The van der Waals surface area contributed by atoms with Gasteiger partial charge in [0.25, 0.3) is 0 Å². The Balaban J connectivity index is 1.41. The van der Waals surface area contributed by atoms with Crippen LogP contribution < -0.4 is 0 Å². The van der Waals surface area contributed by atoms with Gasteiger partial charge < -0.3 is 14.1 Å². The van der Waals surface area contributed by atoms with Crippen molar-refractivity contribution >= 4 is 0 Å². The Hall–Kier alpha value is -2.48. The Morgan fingerprint density at radius 2 is 2.04 bits per heavy atom.